The Hall–Kier alpha value is -2.67. The third-order valence-corrected chi connectivity index (χ3v) is 3.37. The monoisotopic (exact) mass is 379 g/mol. The van der Waals surface area contributed by atoms with Crippen LogP contribution in [-0.4, -0.2) is 30.8 Å². The third-order valence-electron chi connectivity index (χ3n) is 3.13. The topological polar surface area (TPSA) is 81.7 Å². The maximum Gasteiger partial charge on any atom is 0.324 e. The van der Waals surface area contributed by atoms with Crippen LogP contribution < -0.4 is 24.8 Å². The molecule has 140 valence electrons. The van der Waals surface area contributed by atoms with Crippen LogP contribution in [0.5, 0.6) is 17.2 Å². The summed E-state index contributed by atoms with van der Waals surface area (Å²) in [4.78, 5) is 16.3. The predicted molar refractivity (Wildman–Crippen MR) is 102 cm³/mol. The lowest BCUT2D eigenvalue weighted by atomic mass is 10.2. The Balaban J connectivity index is 2.22. The predicted octanol–water partition coefficient (Wildman–Crippen LogP) is 4.58. The molecule has 2 N–H and O–H groups in total. The van der Waals surface area contributed by atoms with E-state index in [1.165, 1.54) is 6.20 Å². The standard InChI is InChI=1S/C18H22ClN3O4/c1-4-24-14-10-13(11-15(25-5-2)17(14)26-6-3)21-18(23)22-16-9-12(19)7-8-20-16/h7-11H,4-6H2,1-3H3,(H2,20,21,22,23). The number of rotatable bonds is 8. The number of ether oxygens (including phenoxy) is 3. The largest absolute Gasteiger partial charge is 0.490 e. The fraction of sp³-hybridized carbons (Fsp3) is 0.333. The number of hydrogen-bond acceptors (Lipinski definition) is 5. The quantitative estimate of drug-likeness (QED) is 0.701. The Morgan fingerprint density at radius 1 is 1.00 bits per heavy atom. The Morgan fingerprint density at radius 2 is 1.62 bits per heavy atom. The SMILES string of the molecule is CCOc1cc(NC(=O)Nc2cc(Cl)ccn2)cc(OCC)c1OCC. The third kappa shape index (κ3) is 5.42. The van der Waals surface area contributed by atoms with Crippen molar-refractivity contribution in [3.63, 3.8) is 0 Å². The van der Waals surface area contributed by atoms with Gasteiger partial charge in [-0.25, -0.2) is 9.78 Å². The van der Waals surface area contributed by atoms with Crippen molar-refractivity contribution in [3.05, 3.63) is 35.5 Å². The summed E-state index contributed by atoms with van der Waals surface area (Å²) in [6.07, 6.45) is 1.51. The minimum Gasteiger partial charge on any atom is -0.490 e. The first kappa shape index (κ1) is 19.7. The van der Waals surface area contributed by atoms with Crippen LogP contribution >= 0.6 is 11.6 Å². The van der Waals surface area contributed by atoms with E-state index in [1.807, 2.05) is 20.8 Å². The van der Waals surface area contributed by atoms with Gasteiger partial charge in [-0.1, -0.05) is 11.6 Å². The number of carbonyl (C=O) groups excluding carboxylic acids is 1. The summed E-state index contributed by atoms with van der Waals surface area (Å²) in [5, 5.41) is 5.82. The van der Waals surface area contributed by atoms with E-state index in [4.69, 9.17) is 25.8 Å². The maximum absolute atomic E-state index is 12.2. The summed E-state index contributed by atoms with van der Waals surface area (Å²) in [5.41, 5.74) is 0.500. The highest BCUT2D eigenvalue weighted by Gasteiger charge is 2.16. The average molecular weight is 380 g/mol. The molecule has 0 unspecified atom stereocenters. The van der Waals surface area contributed by atoms with Crippen LogP contribution in [0.3, 0.4) is 0 Å². The number of hydrogen-bond donors (Lipinski definition) is 2. The van der Waals surface area contributed by atoms with Crippen LogP contribution in [0, 0.1) is 0 Å². The van der Waals surface area contributed by atoms with Crippen molar-refractivity contribution < 1.29 is 19.0 Å². The van der Waals surface area contributed by atoms with Crippen LogP contribution in [0.4, 0.5) is 16.3 Å². The number of benzene rings is 1. The first-order valence-corrected chi connectivity index (χ1v) is 8.71. The molecule has 0 bridgehead atoms. The van der Waals surface area contributed by atoms with Crippen LogP contribution in [-0.2, 0) is 0 Å². The van der Waals surface area contributed by atoms with E-state index in [2.05, 4.69) is 15.6 Å². The van der Waals surface area contributed by atoms with Crippen molar-refractivity contribution in [2.75, 3.05) is 30.5 Å². The number of anilines is 2. The second-order valence-electron chi connectivity index (χ2n) is 5.04. The van der Waals surface area contributed by atoms with Crippen LogP contribution in [0.25, 0.3) is 0 Å². The van der Waals surface area contributed by atoms with Crippen molar-refractivity contribution in [2.24, 2.45) is 0 Å². The second kappa shape index (κ2) is 9.72. The fourth-order valence-corrected chi connectivity index (χ4v) is 2.37. The molecule has 7 nitrogen and oxygen atoms in total. The molecule has 0 radical (unpaired) electrons. The lowest BCUT2D eigenvalue weighted by molar-refractivity contribution is 0.260. The number of pyridine rings is 1. The molecule has 1 aromatic carbocycles. The summed E-state index contributed by atoms with van der Waals surface area (Å²) < 4.78 is 16.9. The van der Waals surface area contributed by atoms with Gasteiger partial charge in [-0.05, 0) is 32.9 Å². The highest BCUT2D eigenvalue weighted by atomic mass is 35.5. The number of amides is 2. The number of halogens is 1. The molecule has 0 aliphatic rings. The van der Waals surface area contributed by atoms with Crippen molar-refractivity contribution in [2.45, 2.75) is 20.8 Å². The first-order chi connectivity index (χ1) is 12.6. The van der Waals surface area contributed by atoms with Gasteiger partial charge in [0.25, 0.3) is 0 Å². The van der Waals surface area contributed by atoms with Crippen molar-refractivity contribution in [1.29, 1.82) is 0 Å². The van der Waals surface area contributed by atoms with Gasteiger partial charge in [0.2, 0.25) is 5.75 Å². The molecular weight excluding hydrogens is 358 g/mol. The number of nitrogens with zero attached hydrogens (tertiary/aromatic N) is 1. The Bertz CT molecular complexity index is 728. The lowest BCUT2D eigenvalue weighted by Gasteiger charge is -2.17. The molecule has 0 saturated heterocycles. The molecule has 0 aliphatic heterocycles. The van der Waals surface area contributed by atoms with Gasteiger partial charge in [-0.3, -0.25) is 5.32 Å². The molecule has 2 aromatic rings. The maximum atomic E-state index is 12.2. The van der Waals surface area contributed by atoms with Gasteiger partial charge in [-0.2, -0.15) is 0 Å². The summed E-state index contributed by atoms with van der Waals surface area (Å²) in [6.45, 7) is 6.99. The number of urea groups is 1. The van der Waals surface area contributed by atoms with E-state index in [0.29, 0.717) is 53.6 Å². The minimum atomic E-state index is -0.464. The van der Waals surface area contributed by atoms with Crippen molar-refractivity contribution >= 4 is 29.1 Å². The van der Waals surface area contributed by atoms with Gasteiger partial charge in [0.1, 0.15) is 5.82 Å². The summed E-state index contributed by atoms with van der Waals surface area (Å²) in [7, 11) is 0. The molecule has 2 amide bonds. The van der Waals surface area contributed by atoms with E-state index >= 15 is 0 Å². The smallest absolute Gasteiger partial charge is 0.324 e. The zero-order chi connectivity index (χ0) is 18.9. The highest BCUT2D eigenvalue weighted by Crippen LogP contribution is 2.40. The molecule has 8 heteroatoms. The first-order valence-electron chi connectivity index (χ1n) is 8.33. The summed E-state index contributed by atoms with van der Waals surface area (Å²) in [6, 6.07) is 6.08. The molecule has 0 saturated carbocycles. The van der Waals surface area contributed by atoms with Crippen LogP contribution in [0.2, 0.25) is 5.02 Å². The second-order valence-corrected chi connectivity index (χ2v) is 5.48. The van der Waals surface area contributed by atoms with Gasteiger partial charge >= 0.3 is 6.03 Å². The van der Waals surface area contributed by atoms with Gasteiger partial charge in [0.05, 0.1) is 25.5 Å². The van der Waals surface area contributed by atoms with E-state index in [0.717, 1.165) is 0 Å². The molecule has 26 heavy (non-hydrogen) atoms. The fourth-order valence-electron chi connectivity index (χ4n) is 2.21. The average Bonchev–Trinajstić information content (AvgIpc) is 2.58. The number of aromatic nitrogens is 1. The Morgan fingerprint density at radius 3 is 2.15 bits per heavy atom. The molecule has 1 aromatic heterocycles. The molecule has 2 rings (SSSR count). The van der Waals surface area contributed by atoms with E-state index in [-0.39, 0.29) is 0 Å². The van der Waals surface area contributed by atoms with Crippen molar-refractivity contribution in [3.8, 4) is 17.2 Å². The normalized spacial score (nSPS) is 10.2. The van der Waals surface area contributed by atoms with Crippen molar-refractivity contribution in [1.82, 2.24) is 4.98 Å². The van der Waals surface area contributed by atoms with Gasteiger partial charge in [-0.15, -0.1) is 0 Å². The lowest BCUT2D eigenvalue weighted by Crippen LogP contribution is -2.20. The van der Waals surface area contributed by atoms with E-state index in [9.17, 15) is 4.79 Å². The van der Waals surface area contributed by atoms with Gasteiger partial charge < -0.3 is 19.5 Å². The molecule has 0 atom stereocenters. The number of carbonyl (C=O) groups is 1. The zero-order valence-electron chi connectivity index (χ0n) is 15.0. The summed E-state index contributed by atoms with van der Waals surface area (Å²) >= 11 is 5.89. The van der Waals surface area contributed by atoms with Crippen LogP contribution in [0.15, 0.2) is 30.5 Å². The summed E-state index contributed by atoms with van der Waals surface area (Å²) in [5.74, 6) is 1.85. The molecular formula is C18H22ClN3O4. The Labute approximate surface area is 157 Å². The van der Waals surface area contributed by atoms with Gasteiger partial charge in [0.15, 0.2) is 11.5 Å². The minimum absolute atomic E-state index is 0.344. The Kier molecular flexibility index (Phi) is 7.35. The highest BCUT2D eigenvalue weighted by molar-refractivity contribution is 6.30. The van der Waals surface area contributed by atoms with Crippen LogP contribution in [0.1, 0.15) is 20.8 Å². The van der Waals surface area contributed by atoms with Gasteiger partial charge in [0, 0.05) is 23.4 Å². The van der Waals surface area contributed by atoms with E-state index in [1.54, 1.807) is 24.3 Å². The molecule has 1 heterocycles. The molecule has 0 aliphatic carbocycles. The zero-order valence-corrected chi connectivity index (χ0v) is 15.7. The number of nitrogens with one attached hydrogen (secondary N) is 2. The molecule has 0 fully saturated rings. The van der Waals surface area contributed by atoms with E-state index < -0.39 is 6.03 Å². The molecule has 0 spiro atoms.